The summed E-state index contributed by atoms with van der Waals surface area (Å²) in [5.74, 6) is 0.141. The number of carbonyl (C=O) groups excluding carboxylic acids is 1. The Kier molecular flexibility index (Phi) is 3.66. The van der Waals surface area contributed by atoms with Gasteiger partial charge in [-0.1, -0.05) is 0 Å². The molecule has 3 nitrogen and oxygen atoms in total. The number of amides is 1. The first-order valence-electron chi connectivity index (χ1n) is 5.37. The lowest BCUT2D eigenvalue weighted by Crippen LogP contribution is -2.56. The summed E-state index contributed by atoms with van der Waals surface area (Å²) in [7, 11) is 0. The topological polar surface area (TPSA) is 32.3 Å². The van der Waals surface area contributed by atoms with Crippen LogP contribution in [0.4, 0.5) is 0 Å². The highest BCUT2D eigenvalue weighted by atomic mass is 79.9. The van der Waals surface area contributed by atoms with Crippen LogP contribution in [0.5, 0.6) is 0 Å². The maximum absolute atomic E-state index is 12.3. The minimum absolute atomic E-state index is 0.141. The van der Waals surface area contributed by atoms with Crippen molar-refractivity contribution >= 4 is 33.2 Å². The second-order valence-corrected chi connectivity index (χ2v) is 5.98. The van der Waals surface area contributed by atoms with Crippen molar-refractivity contribution in [2.45, 2.75) is 25.9 Å². The maximum atomic E-state index is 12.3. The van der Waals surface area contributed by atoms with E-state index in [9.17, 15) is 4.79 Å². The van der Waals surface area contributed by atoms with Crippen molar-refractivity contribution in [1.82, 2.24) is 10.2 Å². The highest BCUT2D eigenvalue weighted by Crippen LogP contribution is 2.25. The van der Waals surface area contributed by atoms with Crippen LogP contribution in [-0.4, -0.2) is 36.0 Å². The number of halogens is 1. The van der Waals surface area contributed by atoms with Gasteiger partial charge in [0.25, 0.3) is 5.91 Å². The molecule has 1 amide bonds. The third-order valence-corrected chi connectivity index (χ3v) is 4.66. The van der Waals surface area contributed by atoms with Crippen LogP contribution in [0, 0.1) is 0 Å². The van der Waals surface area contributed by atoms with Crippen molar-refractivity contribution in [3.63, 3.8) is 0 Å². The molecule has 1 saturated heterocycles. The Morgan fingerprint density at radius 2 is 2.38 bits per heavy atom. The Hall–Kier alpha value is -0.390. The SMILES string of the molecule is CC1CN(C(=O)c2sccc2Br)C(C)CN1. The number of nitrogens with zero attached hydrogens (tertiary/aromatic N) is 1. The third-order valence-electron chi connectivity index (χ3n) is 2.84. The van der Waals surface area contributed by atoms with Crippen LogP contribution >= 0.6 is 27.3 Å². The Morgan fingerprint density at radius 3 is 3.00 bits per heavy atom. The molecule has 1 N–H and O–H groups in total. The number of hydrogen-bond acceptors (Lipinski definition) is 3. The minimum atomic E-state index is 0.141. The van der Waals surface area contributed by atoms with E-state index in [2.05, 4.69) is 35.1 Å². The molecule has 1 aliphatic heterocycles. The van der Waals surface area contributed by atoms with Crippen LogP contribution in [0.15, 0.2) is 15.9 Å². The van der Waals surface area contributed by atoms with Crippen LogP contribution in [0.25, 0.3) is 0 Å². The van der Waals surface area contributed by atoms with Gasteiger partial charge in [0, 0.05) is 29.6 Å². The lowest BCUT2D eigenvalue weighted by molar-refractivity contribution is 0.0620. The van der Waals surface area contributed by atoms with E-state index in [1.165, 1.54) is 11.3 Å². The van der Waals surface area contributed by atoms with Gasteiger partial charge in [-0.25, -0.2) is 0 Å². The van der Waals surface area contributed by atoms with E-state index >= 15 is 0 Å². The average molecular weight is 303 g/mol. The van der Waals surface area contributed by atoms with Crippen LogP contribution in [0.2, 0.25) is 0 Å². The zero-order chi connectivity index (χ0) is 11.7. The van der Waals surface area contributed by atoms with Crippen LogP contribution in [-0.2, 0) is 0 Å². The summed E-state index contributed by atoms with van der Waals surface area (Å²) >= 11 is 4.91. The molecule has 0 saturated carbocycles. The predicted octanol–water partition coefficient (Wildman–Crippen LogP) is 2.33. The van der Waals surface area contributed by atoms with E-state index < -0.39 is 0 Å². The molecular weight excluding hydrogens is 288 g/mol. The molecular formula is C11H15BrN2OS. The summed E-state index contributed by atoms with van der Waals surface area (Å²) in [6, 6.07) is 2.56. The standard InChI is InChI=1S/C11H15BrN2OS/c1-7-6-14(8(2)5-13-7)11(15)10-9(12)3-4-16-10/h3-4,7-8,13H,5-6H2,1-2H3. The second-order valence-electron chi connectivity index (χ2n) is 4.21. The number of piperazine rings is 1. The summed E-state index contributed by atoms with van der Waals surface area (Å²) in [5.41, 5.74) is 0. The van der Waals surface area contributed by atoms with E-state index in [1.54, 1.807) is 0 Å². The molecule has 2 atom stereocenters. The van der Waals surface area contributed by atoms with E-state index in [1.807, 2.05) is 16.3 Å². The zero-order valence-electron chi connectivity index (χ0n) is 9.37. The third kappa shape index (κ3) is 2.31. The molecule has 0 aromatic carbocycles. The molecule has 0 spiro atoms. The molecule has 1 aromatic rings. The fourth-order valence-corrected chi connectivity index (χ4v) is 3.38. The number of carbonyl (C=O) groups is 1. The normalized spacial score (nSPS) is 25.8. The van der Waals surface area contributed by atoms with Gasteiger partial charge in [0.2, 0.25) is 0 Å². The van der Waals surface area contributed by atoms with Gasteiger partial charge in [-0.2, -0.15) is 0 Å². The van der Waals surface area contributed by atoms with Crippen molar-refractivity contribution < 1.29 is 4.79 Å². The molecule has 2 rings (SSSR count). The quantitative estimate of drug-likeness (QED) is 0.863. The molecule has 2 heterocycles. The number of rotatable bonds is 1. The summed E-state index contributed by atoms with van der Waals surface area (Å²) in [4.78, 5) is 15.1. The monoisotopic (exact) mass is 302 g/mol. The van der Waals surface area contributed by atoms with Gasteiger partial charge in [-0.15, -0.1) is 11.3 Å². The smallest absolute Gasteiger partial charge is 0.265 e. The first kappa shape index (κ1) is 12.1. The summed E-state index contributed by atoms with van der Waals surface area (Å²) < 4.78 is 0.904. The van der Waals surface area contributed by atoms with Gasteiger partial charge in [0.1, 0.15) is 4.88 Å². The number of hydrogen-bond donors (Lipinski definition) is 1. The van der Waals surface area contributed by atoms with Crippen LogP contribution in [0.1, 0.15) is 23.5 Å². The first-order valence-corrected chi connectivity index (χ1v) is 7.04. The molecule has 16 heavy (non-hydrogen) atoms. The van der Waals surface area contributed by atoms with Gasteiger partial charge < -0.3 is 10.2 Å². The Bertz CT molecular complexity index is 393. The van der Waals surface area contributed by atoms with Gasteiger partial charge in [0.05, 0.1) is 0 Å². The molecule has 1 aliphatic rings. The highest BCUT2D eigenvalue weighted by Gasteiger charge is 2.28. The van der Waals surface area contributed by atoms with Gasteiger partial charge >= 0.3 is 0 Å². The van der Waals surface area contributed by atoms with Gasteiger partial charge in [0.15, 0.2) is 0 Å². The van der Waals surface area contributed by atoms with E-state index in [0.717, 1.165) is 22.4 Å². The van der Waals surface area contributed by atoms with Crippen molar-refractivity contribution in [2.24, 2.45) is 0 Å². The molecule has 0 aliphatic carbocycles. The van der Waals surface area contributed by atoms with Crippen molar-refractivity contribution in [3.8, 4) is 0 Å². The maximum Gasteiger partial charge on any atom is 0.265 e. The van der Waals surface area contributed by atoms with Gasteiger partial charge in [-0.05, 0) is 41.2 Å². The predicted molar refractivity (Wildman–Crippen MR) is 70.0 cm³/mol. The second kappa shape index (κ2) is 4.85. The summed E-state index contributed by atoms with van der Waals surface area (Å²) in [6.07, 6.45) is 0. The number of nitrogens with one attached hydrogen (secondary N) is 1. The van der Waals surface area contributed by atoms with Crippen molar-refractivity contribution in [3.05, 3.63) is 20.8 Å². The van der Waals surface area contributed by atoms with E-state index in [-0.39, 0.29) is 11.9 Å². The highest BCUT2D eigenvalue weighted by molar-refractivity contribution is 9.10. The fraction of sp³-hybridized carbons (Fsp3) is 0.545. The Labute approximate surface area is 108 Å². The molecule has 2 unspecified atom stereocenters. The molecule has 5 heteroatoms. The summed E-state index contributed by atoms with van der Waals surface area (Å²) in [6.45, 7) is 5.84. The molecule has 0 radical (unpaired) electrons. The molecule has 88 valence electrons. The zero-order valence-corrected chi connectivity index (χ0v) is 11.8. The first-order chi connectivity index (χ1) is 7.59. The fourth-order valence-electron chi connectivity index (χ4n) is 1.88. The number of thiophene rings is 1. The summed E-state index contributed by atoms with van der Waals surface area (Å²) in [5, 5.41) is 5.31. The largest absolute Gasteiger partial charge is 0.332 e. The lowest BCUT2D eigenvalue weighted by atomic mass is 10.1. The van der Waals surface area contributed by atoms with Crippen LogP contribution < -0.4 is 5.32 Å². The minimum Gasteiger partial charge on any atom is -0.332 e. The van der Waals surface area contributed by atoms with Crippen molar-refractivity contribution in [2.75, 3.05) is 13.1 Å². The van der Waals surface area contributed by atoms with Gasteiger partial charge in [-0.3, -0.25) is 4.79 Å². The Morgan fingerprint density at radius 1 is 1.62 bits per heavy atom. The molecule has 1 aromatic heterocycles. The van der Waals surface area contributed by atoms with Crippen molar-refractivity contribution in [1.29, 1.82) is 0 Å². The average Bonchev–Trinajstić information content (AvgIpc) is 2.67. The lowest BCUT2D eigenvalue weighted by Gasteiger charge is -2.37. The Balaban J connectivity index is 2.18. The molecule has 1 fully saturated rings. The van der Waals surface area contributed by atoms with E-state index in [0.29, 0.717) is 6.04 Å². The molecule has 0 bridgehead atoms. The van der Waals surface area contributed by atoms with E-state index in [4.69, 9.17) is 0 Å². The van der Waals surface area contributed by atoms with Crippen LogP contribution in [0.3, 0.4) is 0 Å².